The van der Waals surface area contributed by atoms with Crippen molar-refractivity contribution in [2.75, 3.05) is 0 Å². The summed E-state index contributed by atoms with van der Waals surface area (Å²) >= 11 is 5.83. The van der Waals surface area contributed by atoms with Gasteiger partial charge in [-0.1, -0.05) is 29.8 Å². The molecule has 0 aliphatic carbocycles. The van der Waals surface area contributed by atoms with Crippen LogP contribution in [-0.4, -0.2) is 10.5 Å². The molecule has 1 N–H and O–H groups in total. The fourth-order valence-electron chi connectivity index (χ4n) is 2.54. The Morgan fingerprint density at radius 1 is 1.15 bits per heavy atom. The van der Waals surface area contributed by atoms with E-state index >= 15 is 0 Å². The largest absolute Gasteiger partial charge is 0.348 e. The van der Waals surface area contributed by atoms with Crippen LogP contribution in [0.3, 0.4) is 0 Å². The summed E-state index contributed by atoms with van der Waals surface area (Å²) in [5, 5.41) is 3.29. The summed E-state index contributed by atoms with van der Waals surface area (Å²) in [6, 6.07) is 14.5. The summed E-state index contributed by atoms with van der Waals surface area (Å²) in [5.41, 5.74) is 1.14. The van der Waals surface area contributed by atoms with Crippen molar-refractivity contribution < 1.29 is 9.18 Å². The van der Waals surface area contributed by atoms with Crippen molar-refractivity contribution in [3.8, 4) is 5.69 Å². The van der Waals surface area contributed by atoms with Crippen LogP contribution in [0.1, 0.15) is 21.5 Å². The highest BCUT2D eigenvalue weighted by atomic mass is 35.5. The van der Waals surface area contributed by atoms with Crippen molar-refractivity contribution in [2.24, 2.45) is 0 Å². The second-order valence-electron chi connectivity index (χ2n) is 5.86. The van der Waals surface area contributed by atoms with E-state index in [1.165, 1.54) is 18.3 Å². The molecule has 26 heavy (non-hydrogen) atoms. The topological polar surface area (TPSA) is 51.1 Å². The summed E-state index contributed by atoms with van der Waals surface area (Å²) in [7, 11) is 0. The number of nitrogens with one attached hydrogen (secondary N) is 1. The highest BCUT2D eigenvalue weighted by Crippen LogP contribution is 2.14. The Labute approximate surface area is 154 Å². The number of halogens is 2. The second kappa shape index (κ2) is 7.54. The summed E-state index contributed by atoms with van der Waals surface area (Å²) in [6.07, 6.45) is 1.44. The molecule has 0 aliphatic rings. The van der Waals surface area contributed by atoms with E-state index in [-0.39, 0.29) is 17.8 Å². The van der Waals surface area contributed by atoms with Gasteiger partial charge in [0, 0.05) is 17.8 Å². The number of nitrogens with zero attached hydrogens (tertiary/aromatic N) is 1. The molecular weight excluding hydrogens is 355 g/mol. The standard InChI is InChI=1S/C20H16ClFN2O2/c1-13-4-9-17(22)18(11-13)24-10-2-3-16(20(24)26)19(25)23-12-14-5-7-15(21)8-6-14/h2-11H,12H2,1H3,(H,23,25). The van der Waals surface area contributed by atoms with Crippen LogP contribution < -0.4 is 10.9 Å². The zero-order chi connectivity index (χ0) is 18.7. The first kappa shape index (κ1) is 17.9. The van der Waals surface area contributed by atoms with Gasteiger partial charge in [0.05, 0.1) is 5.69 Å². The SMILES string of the molecule is Cc1ccc(F)c(-n2cccc(C(=O)NCc3ccc(Cl)cc3)c2=O)c1. The average Bonchev–Trinajstić information content (AvgIpc) is 2.63. The number of hydrogen-bond acceptors (Lipinski definition) is 2. The van der Waals surface area contributed by atoms with Crippen molar-refractivity contribution in [3.05, 3.63) is 98.7 Å². The number of amides is 1. The molecule has 0 saturated carbocycles. The molecule has 1 heterocycles. The number of benzene rings is 2. The molecule has 0 fully saturated rings. The lowest BCUT2D eigenvalue weighted by Gasteiger charge is -2.10. The molecule has 2 aromatic carbocycles. The van der Waals surface area contributed by atoms with Crippen molar-refractivity contribution in [1.29, 1.82) is 0 Å². The number of hydrogen-bond donors (Lipinski definition) is 1. The Bertz CT molecular complexity index is 1010. The normalized spacial score (nSPS) is 10.6. The molecule has 0 radical (unpaired) electrons. The quantitative estimate of drug-likeness (QED) is 0.758. The minimum Gasteiger partial charge on any atom is -0.348 e. The molecule has 4 nitrogen and oxygen atoms in total. The molecule has 0 aliphatic heterocycles. The second-order valence-corrected chi connectivity index (χ2v) is 6.30. The van der Waals surface area contributed by atoms with Gasteiger partial charge in [0.1, 0.15) is 11.4 Å². The Morgan fingerprint density at radius 3 is 2.62 bits per heavy atom. The number of carbonyl (C=O) groups excluding carboxylic acids is 1. The Balaban J connectivity index is 1.87. The lowest BCUT2D eigenvalue weighted by molar-refractivity contribution is 0.0949. The van der Waals surface area contributed by atoms with Gasteiger partial charge >= 0.3 is 0 Å². The number of pyridine rings is 1. The van der Waals surface area contributed by atoms with E-state index in [0.717, 1.165) is 15.7 Å². The van der Waals surface area contributed by atoms with E-state index in [1.807, 2.05) is 0 Å². The van der Waals surface area contributed by atoms with Crippen molar-refractivity contribution in [2.45, 2.75) is 13.5 Å². The molecule has 6 heteroatoms. The third-order valence-electron chi connectivity index (χ3n) is 3.92. The van der Waals surface area contributed by atoms with Crippen LogP contribution in [0, 0.1) is 12.7 Å². The van der Waals surface area contributed by atoms with Gasteiger partial charge in [0.2, 0.25) is 0 Å². The minimum atomic E-state index is -0.578. The molecule has 3 rings (SSSR count). The van der Waals surface area contributed by atoms with E-state index < -0.39 is 17.3 Å². The lowest BCUT2D eigenvalue weighted by Crippen LogP contribution is -2.32. The van der Waals surface area contributed by atoms with Gasteiger partial charge in [-0.15, -0.1) is 0 Å². The van der Waals surface area contributed by atoms with Crippen molar-refractivity contribution in [3.63, 3.8) is 0 Å². The van der Waals surface area contributed by atoms with Crippen LogP contribution in [0.25, 0.3) is 5.69 Å². The number of aryl methyl sites for hydroxylation is 1. The third kappa shape index (κ3) is 3.83. The van der Waals surface area contributed by atoms with E-state index in [9.17, 15) is 14.0 Å². The zero-order valence-corrected chi connectivity index (χ0v) is 14.8. The molecule has 132 valence electrons. The summed E-state index contributed by atoms with van der Waals surface area (Å²) < 4.78 is 15.2. The molecule has 0 unspecified atom stereocenters. The van der Waals surface area contributed by atoms with E-state index in [1.54, 1.807) is 49.4 Å². The van der Waals surface area contributed by atoms with Crippen LogP contribution in [0.15, 0.2) is 65.6 Å². The van der Waals surface area contributed by atoms with E-state index in [0.29, 0.717) is 5.02 Å². The Hall–Kier alpha value is -2.92. The summed E-state index contributed by atoms with van der Waals surface area (Å²) in [4.78, 5) is 25.0. The molecular formula is C20H16ClFN2O2. The first-order chi connectivity index (χ1) is 12.5. The highest BCUT2D eigenvalue weighted by molar-refractivity contribution is 6.30. The number of carbonyl (C=O) groups is 1. The fraction of sp³-hybridized carbons (Fsp3) is 0.100. The monoisotopic (exact) mass is 370 g/mol. The van der Waals surface area contributed by atoms with Crippen LogP contribution in [0.2, 0.25) is 5.02 Å². The first-order valence-corrected chi connectivity index (χ1v) is 8.34. The Kier molecular flexibility index (Phi) is 5.19. The lowest BCUT2D eigenvalue weighted by atomic mass is 10.2. The van der Waals surface area contributed by atoms with Gasteiger partial charge in [-0.3, -0.25) is 14.2 Å². The van der Waals surface area contributed by atoms with Crippen LogP contribution in [0.5, 0.6) is 0 Å². The molecule has 1 aromatic heterocycles. The first-order valence-electron chi connectivity index (χ1n) is 7.96. The molecule has 0 atom stereocenters. The molecule has 0 spiro atoms. The van der Waals surface area contributed by atoms with Gasteiger partial charge in [0.15, 0.2) is 0 Å². The predicted molar refractivity (Wildman–Crippen MR) is 99.4 cm³/mol. The minimum absolute atomic E-state index is 0.0534. The van der Waals surface area contributed by atoms with E-state index in [4.69, 9.17) is 11.6 Å². The summed E-state index contributed by atoms with van der Waals surface area (Å²) in [6.45, 7) is 2.06. The maximum absolute atomic E-state index is 14.1. The van der Waals surface area contributed by atoms with Gasteiger partial charge in [0.25, 0.3) is 11.5 Å². The van der Waals surface area contributed by atoms with Gasteiger partial charge in [-0.2, -0.15) is 0 Å². The van der Waals surface area contributed by atoms with Crippen molar-refractivity contribution in [1.82, 2.24) is 9.88 Å². The van der Waals surface area contributed by atoms with Crippen LogP contribution in [0.4, 0.5) is 4.39 Å². The molecule has 1 amide bonds. The number of aromatic nitrogens is 1. The highest BCUT2D eigenvalue weighted by Gasteiger charge is 2.14. The fourth-order valence-corrected chi connectivity index (χ4v) is 2.67. The molecule has 0 bridgehead atoms. The third-order valence-corrected chi connectivity index (χ3v) is 4.17. The maximum Gasteiger partial charge on any atom is 0.268 e. The van der Waals surface area contributed by atoms with Crippen LogP contribution >= 0.6 is 11.6 Å². The maximum atomic E-state index is 14.1. The van der Waals surface area contributed by atoms with Crippen molar-refractivity contribution >= 4 is 17.5 Å². The Morgan fingerprint density at radius 2 is 1.88 bits per heavy atom. The molecule has 0 saturated heterocycles. The smallest absolute Gasteiger partial charge is 0.268 e. The van der Waals surface area contributed by atoms with E-state index in [2.05, 4.69) is 5.32 Å². The molecule has 3 aromatic rings. The average molecular weight is 371 g/mol. The van der Waals surface area contributed by atoms with Gasteiger partial charge < -0.3 is 5.32 Å². The van der Waals surface area contributed by atoms with Gasteiger partial charge in [-0.25, -0.2) is 4.39 Å². The zero-order valence-electron chi connectivity index (χ0n) is 14.0. The predicted octanol–water partition coefficient (Wildman–Crippen LogP) is 3.87. The number of rotatable bonds is 4. The van der Waals surface area contributed by atoms with Crippen LogP contribution in [-0.2, 0) is 6.54 Å². The summed E-state index contributed by atoms with van der Waals surface area (Å²) in [5.74, 6) is -1.05. The van der Waals surface area contributed by atoms with Gasteiger partial charge in [-0.05, 0) is 54.4 Å².